The Hall–Kier alpha value is -0.230. The lowest BCUT2D eigenvalue weighted by Gasteiger charge is -2.36. The van der Waals surface area contributed by atoms with E-state index < -0.39 is 7.59 Å². The lowest BCUT2D eigenvalue weighted by molar-refractivity contribution is 0.391. The first-order valence-electron chi connectivity index (χ1n) is 5.77. The van der Waals surface area contributed by atoms with Crippen LogP contribution in [0.25, 0.3) is 0 Å². The average Bonchev–Trinajstić information content (AvgIpc) is 2.44. The third-order valence-corrected chi connectivity index (χ3v) is 3.79. The van der Waals surface area contributed by atoms with Crippen molar-refractivity contribution in [2.75, 3.05) is 12.1 Å². The first kappa shape index (κ1) is 18.1. The molecule has 22 heavy (non-hydrogen) atoms. The molecule has 1 N–H and O–H groups in total. The number of hydrogen-bond donors (Lipinski definition) is 1. The number of halogens is 6. The van der Waals surface area contributed by atoms with Crippen molar-refractivity contribution in [2.45, 2.75) is 7.59 Å². The number of anilines is 1. The number of rotatable bonds is 1. The maximum absolute atomic E-state index is 6.08. The van der Waals surface area contributed by atoms with Gasteiger partial charge in [-0.25, -0.2) is 10.5 Å². The van der Waals surface area contributed by atoms with Gasteiger partial charge in [-0.1, -0.05) is 87.8 Å². The summed E-state index contributed by atoms with van der Waals surface area (Å²) >= 11 is 36.3. The van der Waals surface area contributed by atoms with Crippen LogP contribution in [0.5, 0.6) is 0 Å². The molecule has 0 unspecified atom stereocenters. The van der Waals surface area contributed by atoms with Crippen LogP contribution in [0.3, 0.4) is 0 Å². The van der Waals surface area contributed by atoms with E-state index >= 15 is 0 Å². The van der Waals surface area contributed by atoms with E-state index in [2.05, 4.69) is 10.6 Å². The number of hydrogen-bond acceptors (Lipinski definition) is 4. The van der Waals surface area contributed by atoms with Crippen molar-refractivity contribution in [3.8, 4) is 0 Å². The summed E-state index contributed by atoms with van der Waals surface area (Å²) in [5.41, 5.74) is 3.45. The Labute approximate surface area is 157 Å². The monoisotopic (exact) mass is 421 g/mol. The van der Waals surface area contributed by atoms with Crippen molar-refractivity contribution < 1.29 is 4.74 Å². The molecule has 1 aromatic rings. The Morgan fingerprint density at radius 2 is 1.59 bits per heavy atom. The van der Waals surface area contributed by atoms with Crippen molar-refractivity contribution in [2.24, 2.45) is 5.10 Å². The van der Waals surface area contributed by atoms with Gasteiger partial charge in [-0.2, -0.15) is 0 Å². The number of para-hydroxylation sites is 1. The zero-order chi connectivity index (χ0) is 16.5. The first-order chi connectivity index (χ1) is 10.2. The summed E-state index contributed by atoms with van der Waals surface area (Å²) in [5.74, 6) is 0.00788. The molecule has 1 aliphatic heterocycles. The number of benzene rings is 1. The molecule has 0 aromatic heterocycles. The Morgan fingerprint density at radius 1 is 1.00 bits per heavy atom. The minimum Gasteiger partial charge on any atom is -0.480 e. The van der Waals surface area contributed by atoms with Crippen molar-refractivity contribution in [3.05, 3.63) is 41.6 Å². The Bertz CT molecular complexity index is 606. The average molecular weight is 424 g/mol. The molecule has 0 fully saturated rings. The number of alkyl halides is 6. The number of allylic oxidation sites excluding steroid dienone is 1. The molecule has 0 atom stereocenters. The summed E-state index contributed by atoms with van der Waals surface area (Å²) in [5, 5.41) is 5.41. The highest BCUT2D eigenvalue weighted by molar-refractivity contribution is 6.73. The molecule has 0 aliphatic carbocycles. The lowest BCUT2D eigenvalue weighted by atomic mass is 10.2. The topological polar surface area (TPSA) is 36.9 Å². The summed E-state index contributed by atoms with van der Waals surface area (Å²) in [6.07, 6.45) is 0. The largest absolute Gasteiger partial charge is 0.480 e. The van der Waals surface area contributed by atoms with Gasteiger partial charge in [0.15, 0.2) is 0 Å². The second-order valence-corrected chi connectivity index (χ2v) is 8.67. The molecule has 0 bridgehead atoms. The Morgan fingerprint density at radius 3 is 2.05 bits per heavy atom. The normalized spacial score (nSPS) is 16.3. The standard InChI is InChI=1S/C12H9Cl6N3O/c1-22-10-8(11(13,14)15)9(12(16,17)18)21(20-19-10)7-5-3-2-4-6-7/h2-6,20H,1H3. The predicted octanol–water partition coefficient (Wildman–Crippen LogP) is 4.97. The molecule has 120 valence electrons. The van der Waals surface area contributed by atoms with Crippen LogP contribution < -0.4 is 10.5 Å². The number of ether oxygens (including phenoxy) is 1. The van der Waals surface area contributed by atoms with E-state index in [0.29, 0.717) is 5.69 Å². The van der Waals surface area contributed by atoms with Crippen molar-refractivity contribution in [1.82, 2.24) is 5.53 Å². The molecule has 1 aliphatic rings. The highest BCUT2D eigenvalue weighted by Crippen LogP contribution is 2.47. The van der Waals surface area contributed by atoms with E-state index in [1.54, 1.807) is 24.3 Å². The Balaban J connectivity index is 2.69. The molecule has 4 nitrogen and oxygen atoms in total. The molecule has 1 aromatic carbocycles. The SMILES string of the molecule is COC1=NNN(c2ccccc2)C(C(Cl)(Cl)Cl)=C1C(Cl)(Cl)Cl. The first-order valence-corrected chi connectivity index (χ1v) is 8.04. The highest BCUT2D eigenvalue weighted by Gasteiger charge is 2.46. The van der Waals surface area contributed by atoms with Gasteiger partial charge in [0.2, 0.25) is 13.5 Å². The van der Waals surface area contributed by atoms with Gasteiger partial charge in [-0.15, -0.1) is 5.10 Å². The third kappa shape index (κ3) is 3.81. The molecule has 0 amide bonds. The quantitative estimate of drug-likeness (QED) is 0.648. The molecule has 1 heterocycles. The van der Waals surface area contributed by atoms with Crippen LogP contribution >= 0.6 is 69.6 Å². The van der Waals surface area contributed by atoms with E-state index in [9.17, 15) is 0 Å². The van der Waals surface area contributed by atoms with Crippen LogP contribution in [0.4, 0.5) is 5.69 Å². The van der Waals surface area contributed by atoms with Gasteiger partial charge in [-0.05, 0) is 12.1 Å². The minimum absolute atomic E-state index is 0.00788. The van der Waals surface area contributed by atoms with Crippen LogP contribution in [0, 0.1) is 0 Å². The number of nitrogens with one attached hydrogen (secondary N) is 1. The smallest absolute Gasteiger partial charge is 0.241 e. The Kier molecular flexibility index (Phi) is 5.53. The van der Waals surface area contributed by atoms with E-state index in [4.69, 9.17) is 74.3 Å². The zero-order valence-corrected chi connectivity index (χ0v) is 15.5. The van der Waals surface area contributed by atoms with Gasteiger partial charge in [0.1, 0.15) is 5.70 Å². The molecule has 10 heteroatoms. The number of methoxy groups -OCH3 is 1. The maximum atomic E-state index is 6.08. The summed E-state index contributed by atoms with van der Waals surface area (Å²) in [4.78, 5) is 0. The van der Waals surface area contributed by atoms with E-state index in [0.717, 1.165) is 0 Å². The number of nitrogens with zero attached hydrogens (tertiary/aromatic N) is 2. The van der Waals surface area contributed by atoms with E-state index in [1.807, 2.05) is 6.07 Å². The molecular formula is C12H9Cl6N3O. The van der Waals surface area contributed by atoms with Gasteiger partial charge in [-0.3, -0.25) is 0 Å². The van der Waals surface area contributed by atoms with Crippen LogP contribution in [0.2, 0.25) is 0 Å². The third-order valence-electron chi connectivity index (χ3n) is 2.69. The second-order valence-electron chi connectivity index (χ2n) is 4.11. The summed E-state index contributed by atoms with van der Waals surface area (Å²) in [6, 6.07) is 8.99. The van der Waals surface area contributed by atoms with Gasteiger partial charge < -0.3 is 4.74 Å². The van der Waals surface area contributed by atoms with Crippen LogP contribution in [0.15, 0.2) is 46.7 Å². The van der Waals surface area contributed by atoms with Gasteiger partial charge in [0.25, 0.3) is 0 Å². The van der Waals surface area contributed by atoms with Gasteiger partial charge in [0.05, 0.1) is 18.4 Å². The van der Waals surface area contributed by atoms with Gasteiger partial charge in [0, 0.05) is 0 Å². The lowest BCUT2D eigenvalue weighted by Crippen LogP contribution is -2.46. The molecule has 0 saturated heterocycles. The zero-order valence-electron chi connectivity index (χ0n) is 11.0. The number of hydrazone groups is 1. The molecular weight excluding hydrogens is 415 g/mol. The molecule has 2 rings (SSSR count). The van der Waals surface area contributed by atoms with E-state index in [-0.39, 0.29) is 17.2 Å². The van der Waals surface area contributed by atoms with Gasteiger partial charge >= 0.3 is 0 Å². The summed E-state index contributed by atoms with van der Waals surface area (Å²) in [6.45, 7) is 0. The summed E-state index contributed by atoms with van der Waals surface area (Å²) < 4.78 is 1.30. The highest BCUT2D eigenvalue weighted by atomic mass is 35.6. The van der Waals surface area contributed by atoms with Crippen molar-refractivity contribution in [3.63, 3.8) is 0 Å². The molecule has 0 saturated carbocycles. The van der Waals surface area contributed by atoms with Crippen molar-refractivity contribution in [1.29, 1.82) is 0 Å². The fraction of sp³-hybridized carbons (Fsp3) is 0.250. The van der Waals surface area contributed by atoms with Crippen LogP contribution in [-0.2, 0) is 4.74 Å². The molecule has 0 radical (unpaired) electrons. The van der Waals surface area contributed by atoms with Crippen LogP contribution in [-0.4, -0.2) is 20.6 Å². The van der Waals surface area contributed by atoms with E-state index in [1.165, 1.54) is 12.1 Å². The predicted molar refractivity (Wildman–Crippen MR) is 94.1 cm³/mol. The number of hydrazine groups is 1. The molecule has 0 spiro atoms. The fourth-order valence-electron chi connectivity index (χ4n) is 1.85. The summed E-state index contributed by atoms with van der Waals surface area (Å²) in [7, 11) is 1.37. The van der Waals surface area contributed by atoms with Crippen LogP contribution in [0.1, 0.15) is 0 Å². The maximum Gasteiger partial charge on any atom is 0.241 e. The minimum atomic E-state index is -1.91. The van der Waals surface area contributed by atoms with Crippen molar-refractivity contribution >= 4 is 81.2 Å². The second kappa shape index (κ2) is 6.71. The fourth-order valence-corrected chi connectivity index (χ4v) is 2.90.